The fraction of sp³-hybridized carbons (Fsp3) is 0.0833. The first-order valence-corrected chi connectivity index (χ1v) is 9.44. The molecule has 0 aliphatic carbocycles. The number of nitrogens with two attached hydrogens (primary N) is 1. The summed E-state index contributed by atoms with van der Waals surface area (Å²) >= 11 is 5.98. The molecule has 4 rings (SSSR count). The largest absolute Gasteiger partial charge is 0.319 e. The smallest absolute Gasteiger partial charge is 0.251 e. The third kappa shape index (κ3) is 3.54. The van der Waals surface area contributed by atoms with E-state index >= 15 is 0 Å². The zero-order valence-corrected chi connectivity index (χ0v) is 16.5. The quantitative estimate of drug-likeness (QED) is 0.523. The maximum absolute atomic E-state index is 12.5. The molecular weight excluding hydrogens is 382 g/mol. The Kier molecular flexibility index (Phi) is 4.94. The van der Waals surface area contributed by atoms with Crippen molar-refractivity contribution in [2.24, 2.45) is 12.8 Å². The highest BCUT2D eigenvalue weighted by Gasteiger charge is 2.15. The van der Waals surface area contributed by atoms with Gasteiger partial charge in [0.25, 0.3) is 5.56 Å². The van der Waals surface area contributed by atoms with Gasteiger partial charge in [-0.2, -0.15) is 0 Å². The minimum atomic E-state index is -0.418. The highest BCUT2D eigenvalue weighted by atomic mass is 35.5. The summed E-state index contributed by atoms with van der Waals surface area (Å²) in [5.41, 5.74) is 11.7. The monoisotopic (exact) mass is 399 g/mol. The van der Waals surface area contributed by atoms with E-state index in [-0.39, 0.29) is 5.56 Å². The lowest BCUT2D eigenvalue weighted by atomic mass is 10.0. The Morgan fingerprint density at radius 2 is 1.86 bits per heavy atom. The molecule has 142 valence electrons. The van der Waals surface area contributed by atoms with Gasteiger partial charge in [-0.15, -0.1) is 6.42 Å². The van der Waals surface area contributed by atoms with Gasteiger partial charge in [-0.3, -0.25) is 4.79 Å². The van der Waals surface area contributed by atoms with Crippen LogP contribution in [0.3, 0.4) is 0 Å². The van der Waals surface area contributed by atoms with Crippen LogP contribution in [0.4, 0.5) is 0 Å². The Hall–Kier alpha value is -3.39. The van der Waals surface area contributed by atoms with Crippen LogP contribution in [-0.2, 0) is 7.05 Å². The van der Waals surface area contributed by atoms with Crippen LogP contribution in [0.5, 0.6) is 0 Å². The Balaban J connectivity index is 1.93. The topological polar surface area (TPSA) is 60.9 Å². The Labute approximate surface area is 173 Å². The molecule has 0 spiro atoms. The fourth-order valence-electron chi connectivity index (χ4n) is 3.35. The lowest BCUT2D eigenvalue weighted by Crippen LogP contribution is -2.18. The SMILES string of the molecule is C#Cc1cccc(-c2cc(=O)n(C)c3ccc(C(N)c4ccc(Cl)cc4)nc23)c1. The highest BCUT2D eigenvalue weighted by Crippen LogP contribution is 2.28. The summed E-state index contributed by atoms with van der Waals surface area (Å²) in [6, 6.07) is 19.8. The molecule has 0 amide bonds. The second-order valence-corrected chi connectivity index (χ2v) is 7.25. The number of halogens is 1. The standard InChI is InChI=1S/C24H18ClN3O/c1-3-15-5-4-6-17(13-15)19-14-22(29)28(2)21-12-11-20(27-24(19)21)23(26)16-7-9-18(25)10-8-16/h1,4-14,23H,26H2,2H3. The summed E-state index contributed by atoms with van der Waals surface area (Å²) in [4.78, 5) is 17.3. The summed E-state index contributed by atoms with van der Waals surface area (Å²) in [5, 5.41) is 0.651. The molecule has 2 aromatic heterocycles. The molecule has 0 saturated carbocycles. The molecule has 2 aromatic carbocycles. The number of hydrogen-bond donors (Lipinski definition) is 1. The minimum Gasteiger partial charge on any atom is -0.319 e. The van der Waals surface area contributed by atoms with Crippen molar-refractivity contribution in [1.82, 2.24) is 9.55 Å². The van der Waals surface area contributed by atoms with E-state index < -0.39 is 6.04 Å². The van der Waals surface area contributed by atoms with E-state index in [0.717, 1.165) is 27.8 Å². The Bertz CT molecular complexity index is 1320. The molecule has 2 N–H and O–H groups in total. The van der Waals surface area contributed by atoms with E-state index in [4.69, 9.17) is 28.7 Å². The molecule has 29 heavy (non-hydrogen) atoms. The van der Waals surface area contributed by atoms with Gasteiger partial charge in [0.2, 0.25) is 0 Å². The molecule has 4 aromatic rings. The molecule has 1 unspecified atom stereocenters. The number of pyridine rings is 2. The summed E-state index contributed by atoms with van der Waals surface area (Å²) in [6.45, 7) is 0. The van der Waals surface area contributed by atoms with Gasteiger partial charge < -0.3 is 10.3 Å². The minimum absolute atomic E-state index is 0.116. The van der Waals surface area contributed by atoms with Crippen molar-refractivity contribution < 1.29 is 0 Å². The van der Waals surface area contributed by atoms with Crippen LogP contribution in [0.2, 0.25) is 5.02 Å². The van der Waals surface area contributed by atoms with E-state index in [1.54, 1.807) is 29.8 Å². The Morgan fingerprint density at radius 1 is 1.10 bits per heavy atom. The number of aryl methyl sites for hydroxylation is 1. The summed E-state index contributed by atoms with van der Waals surface area (Å²) in [7, 11) is 1.73. The molecule has 0 saturated heterocycles. The number of aromatic nitrogens is 2. The Morgan fingerprint density at radius 3 is 2.59 bits per heavy atom. The van der Waals surface area contributed by atoms with Crippen LogP contribution in [0, 0.1) is 12.3 Å². The van der Waals surface area contributed by atoms with Gasteiger partial charge in [0, 0.05) is 29.3 Å². The summed E-state index contributed by atoms with van der Waals surface area (Å²) in [6.07, 6.45) is 5.54. The van der Waals surface area contributed by atoms with Crippen LogP contribution < -0.4 is 11.3 Å². The molecule has 0 fully saturated rings. The van der Waals surface area contributed by atoms with Gasteiger partial charge in [0.1, 0.15) is 0 Å². The van der Waals surface area contributed by atoms with Gasteiger partial charge in [-0.05, 0) is 47.5 Å². The number of terminal acetylenes is 1. The number of benzene rings is 2. The van der Waals surface area contributed by atoms with Gasteiger partial charge in [-0.25, -0.2) is 4.98 Å². The molecule has 5 heteroatoms. The molecule has 0 bridgehead atoms. The van der Waals surface area contributed by atoms with Crippen LogP contribution in [-0.4, -0.2) is 9.55 Å². The number of rotatable bonds is 3. The second-order valence-electron chi connectivity index (χ2n) is 6.81. The summed E-state index contributed by atoms with van der Waals surface area (Å²) in [5.74, 6) is 2.63. The maximum Gasteiger partial charge on any atom is 0.251 e. The molecule has 2 heterocycles. The highest BCUT2D eigenvalue weighted by molar-refractivity contribution is 6.30. The van der Waals surface area contributed by atoms with Crippen LogP contribution in [0.1, 0.15) is 22.9 Å². The molecular formula is C24H18ClN3O. The predicted molar refractivity (Wildman–Crippen MR) is 118 cm³/mol. The van der Waals surface area contributed by atoms with Crippen molar-refractivity contribution in [3.63, 3.8) is 0 Å². The molecule has 1 atom stereocenters. The molecule has 0 aliphatic heterocycles. The first kappa shape index (κ1) is 18.9. The predicted octanol–water partition coefficient (Wildman–Crippen LogP) is 4.28. The maximum atomic E-state index is 12.5. The van der Waals surface area contributed by atoms with Gasteiger partial charge >= 0.3 is 0 Å². The third-order valence-corrected chi connectivity index (χ3v) is 5.25. The van der Waals surface area contributed by atoms with Crippen molar-refractivity contribution >= 4 is 22.6 Å². The van der Waals surface area contributed by atoms with Crippen molar-refractivity contribution in [1.29, 1.82) is 0 Å². The van der Waals surface area contributed by atoms with E-state index in [1.807, 2.05) is 48.5 Å². The molecule has 0 radical (unpaired) electrons. The first-order valence-electron chi connectivity index (χ1n) is 9.06. The number of nitrogens with zero attached hydrogens (tertiary/aromatic N) is 2. The average Bonchev–Trinajstić information content (AvgIpc) is 2.76. The second kappa shape index (κ2) is 7.56. The van der Waals surface area contributed by atoms with Crippen molar-refractivity contribution in [3.05, 3.63) is 98.9 Å². The van der Waals surface area contributed by atoms with Crippen LogP contribution >= 0.6 is 11.6 Å². The van der Waals surface area contributed by atoms with Crippen molar-refractivity contribution in [2.45, 2.75) is 6.04 Å². The number of hydrogen-bond acceptors (Lipinski definition) is 3. The van der Waals surface area contributed by atoms with E-state index in [9.17, 15) is 4.79 Å². The zero-order chi connectivity index (χ0) is 20.5. The number of fused-ring (bicyclic) bond motifs is 1. The lowest BCUT2D eigenvalue weighted by Gasteiger charge is -2.15. The lowest BCUT2D eigenvalue weighted by molar-refractivity contribution is 0.831. The normalized spacial score (nSPS) is 11.9. The van der Waals surface area contributed by atoms with Gasteiger partial charge in [-0.1, -0.05) is 41.8 Å². The van der Waals surface area contributed by atoms with E-state index in [0.29, 0.717) is 16.2 Å². The fourth-order valence-corrected chi connectivity index (χ4v) is 3.48. The average molecular weight is 400 g/mol. The van der Waals surface area contributed by atoms with Gasteiger partial charge in [0.05, 0.1) is 22.8 Å². The van der Waals surface area contributed by atoms with Gasteiger partial charge in [0.15, 0.2) is 0 Å². The van der Waals surface area contributed by atoms with Crippen molar-refractivity contribution in [2.75, 3.05) is 0 Å². The van der Waals surface area contributed by atoms with Crippen LogP contribution in [0.25, 0.3) is 22.2 Å². The summed E-state index contributed by atoms with van der Waals surface area (Å²) < 4.78 is 1.58. The first-order chi connectivity index (χ1) is 14.0. The third-order valence-electron chi connectivity index (χ3n) is 5.00. The van der Waals surface area contributed by atoms with Crippen LogP contribution in [0.15, 0.2) is 71.5 Å². The zero-order valence-electron chi connectivity index (χ0n) is 15.8. The molecule has 0 aliphatic rings. The van der Waals surface area contributed by atoms with E-state index in [1.165, 1.54) is 0 Å². The molecule has 4 nitrogen and oxygen atoms in total. The van der Waals surface area contributed by atoms with Crippen molar-refractivity contribution in [3.8, 4) is 23.5 Å². The van der Waals surface area contributed by atoms with E-state index in [2.05, 4.69) is 5.92 Å².